The van der Waals surface area contributed by atoms with Gasteiger partial charge >= 0.3 is 6.18 Å². The van der Waals surface area contributed by atoms with Crippen molar-refractivity contribution in [2.24, 2.45) is 11.8 Å². The summed E-state index contributed by atoms with van der Waals surface area (Å²) in [6.07, 6.45) is 0.508. The minimum absolute atomic E-state index is 0.190. The Morgan fingerprint density at radius 3 is 2.58 bits per heavy atom. The van der Waals surface area contributed by atoms with Crippen molar-refractivity contribution in [3.05, 3.63) is 12.2 Å². The minimum Gasteiger partial charge on any atom is -0.171 e. The lowest BCUT2D eigenvalue weighted by molar-refractivity contribution is -0.145. The molecule has 1 aliphatic carbocycles. The smallest absolute Gasteiger partial charge is 0.171 e. The lowest BCUT2D eigenvalue weighted by atomic mass is 9.85. The zero-order valence-corrected chi connectivity index (χ0v) is 7.06. The molecular weight excluding hydrogens is 165 g/mol. The van der Waals surface area contributed by atoms with Crippen molar-refractivity contribution < 1.29 is 13.2 Å². The predicted molar refractivity (Wildman–Crippen MR) is 41.7 cm³/mol. The van der Waals surface area contributed by atoms with Gasteiger partial charge in [-0.2, -0.15) is 13.2 Å². The second-order valence-electron chi connectivity index (χ2n) is 3.56. The highest BCUT2D eigenvalue weighted by molar-refractivity contribution is 4.94. The molecule has 0 aliphatic heterocycles. The molecule has 0 fully saturated rings. The number of allylic oxidation sites excluding steroid dienone is 2. The van der Waals surface area contributed by atoms with Gasteiger partial charge in [0.05, 0.1) is 0 Å². The van der Waals surface area contributed by atoms with E-state index in [1.165, 1.54) is 0 Å². The molecule has 0 heterocycles. The highest BCUT2D eigenvalue weighted by atomic mass is 19.4. The van der Waals surface area contributed by atoms with Gasteiger partial charge in [-0.25, -0.2) is 0 Å². The third-order valence-electron chi connectivity index (χ3n) is 2.16. The number of alkyl halides is 3. The topological polar surface area (TPSA) is 0 Å². The van der Waals surface area contributed by atoms with Crippen LogP contribution in [0, 0.1) is 11.8 Å². The quantitative estimate of drug-likeness (QED) is 0.539. The van der Waals surface area contributed by atoms with Gasteiger partial charge in [-0.1, -0.05) is 19.1 Å². The third-order valence-corrected chi connectivity index (χ3v) is 2.16. The Bertz CT molecular complexity index is 169. The van der Waals surface area contributed by atoms with Gasteiger partial charge in [0.15, 0.2) is 0 Å². The van der Waals surface area contributed by atoms with Crippen molar-refractivity contribution in [3.8, 4) is 0 Å². The molecule has 0 bridgehead atoms. The lowest BCUT2D eigenvalue weighted by Crippen LogP contribution is -2.18. The van der Waals surface area contributed by atoms with Crippen LogP contribution in [0.15, 0.2) is 12.2 Å². The molecule has 0 saturated heterocycles. The normalized spacial score (nSPS) is 30.7. The van der Waals surface area contributed by atoms with Crippen molar-refractivity contribution in [1.82, 2.24) is 0 Å². The molecule has 0 aromatic rings. The number of rotatable bonds is 1. The third kappa shape index (κ3) is 3.28. The van der Waals surface area contributed by atoms with Crippen molar-refractivity contribution in [3.63, 3.8) is 0 Å². The van der Waals surface area contributed by atoms with E-state index in [4.69, 9.17) is 0 Å². The van der Waals surface area contributed by atoms with Gasteiger partial charge in [-0.3, -0.25) is 0 Å². The maximum atomic E-state index is 11.9. The summed E-state index contributed by atoms with van der Waals surface area (Å²) < 4.78 is 35.8. The zero-order chi connectivity index (χ0) is 9.19. The van der Waals surface area contributed by atoms with Crippen molar-refractivity contribution in [1.29, 1.82) is 0 Å². The lowest BCUT2D eigenvalue weighted by Gasteiger charge is -2.22. The molecule has 0 aromatic heterocycles. The van der Waals surface area contributed by atoms with E-state index in [-0.39, 0.29) is 5.92 Å². The molecular formula is C9H13F3. The van der Waals surface area contributed by atoms with Gasteiger partial charge in [0, 0.05) is 6.42 Å². The largest absolute Gasteiger partial charge is 0.389 e. The van der Waals surface area contributed by atoms with Crippen molar-refractivity contribution in [2.75, 3.05) is 0 Å². The minimum atomic E-state index is -3.99. The summed E-state index contributed by atoms with van der Waals surface area (Å²) in [6.45, 7) is 1.96. The highest BCUT2D eigenvalue weighted by Crippen LogP contribution is 2.33. The van der Waals surface area contributed by atoms with Crippen LogP contribution in [-0.2, 0) is 0 Å². The summed E-state index contributed by atoms with van der Waals surface area (Å²) in [6, 6.07) is 0. The van der Waals surface area contributed by atoms with E-state index < -0.39 is 12.6 Å². The number of hydrogen-bond acceptors (Lipinski definition) is 0. The van der Waals surface area contributed by atoms with E-state index in [1.54, 1.807) is 0 Å². The van der Waals surface area contributed by atoms with Crippen LogP contribution in [0.3, 0.4) is 0 Å². The Morgan fingerprint density at radius 2 is 2.08 bits per heavy atom. The van der Waals surface area contributed by atoms with Crippen LogP contribution in [0.4, 0.5) is 13.2 Å². The van der Waals surface area contributed by atoms with E-state index >= 15 is 0 Å². The van der Waals surface area contributed by atoms with E-state index in [0.29, 0.717) is 18.8 Å². The summed E-state index contributed by atoms with van der Waals surface area (Å²) in [5.41, 5.74) is 0. The van der Waals surface area contributed by atoms with Gasteiger partial charge in [-0.05, 0) is 24.7 Å². The molecule has 0 spiro atoms. The van der Waals surface area contributed by atoms with Crippen molar-refractivity contribution in [2.45, 2.75) is 32.4 Å². The summed E-state index contributed by atoms with van der Waals surface area (Å²) in [5, 5.41) is 0. The van der Waals surface area contributed by atoms with Crippen LogP contribution in [0.2, 0.25) is 0 Å². The summed E-state index contributed by atoms with van der Waals surface area (Å²) in [5.74, 6) is 0.121. The predicted octanol–water partition coefficient (Wildman–Crippen LogP) is 3.54. The molecule has 1 unspecified atom stereocenters. The fraction of sp³-hybridized carbons (Fsp3) is 0.778. The first-order chi connectivity index (χ1) is 5.47. The first-order valence-corrected chi connectivity index (χ1v) is 4.21. The van der Waals surface area contributed by atoms with Crippen LogP contribution in [0.1, 0.15) is 26.2 Å². The molecule has 0 amide bonds. The Morgan fingerprint density at radius 1 is 1.42 bits per heavy atom. The molecule has 0 aromatic carbocycles. The van der Waals surface area contributed by atoms with Crippen molar-refractivity contribution >= 4 is 0 Å². The second kappa shape index (κ2) is 3.50. The number of hydrogen-bond donors (Lipinski definition) is 0. The van der Waals surface area contributed by atoms with Crippen LogP contribution in [-0.4, -0.2) is 6.18 Å². The van der Waals surface area contributed by atoms with Gasteiger partial charge in [-0.15, -0.1) is 0 Å². The van der Waals surface area contributed by atoms with E-state index in [9.17, 15) is 13.2 Å². The molecule has 1 aliphatic rings. The van der Waals surface area contributed by atoms with E-state index in [0.717, 1.165) is 0 Å². The average molecular weight is 178 g/mol. The standard InChI is InChI=1S/C9H13F3/c1-7-3-2-4-8(5-7)6-9(10,11)12/h2-3,7-8H,4-6H2,1H3/t7?,8-/m0/s1. The van der Waals surface area contributed by atoms with Gasteiger partial charge in [0.2, 0.25) is 0 Å². The Hall–Kier alpha value is -0.470. The molecule has 0 nitrogen and oxygen atoms in total. The van der Waals surface area contributed by atoms with Crippen LogP contribution in [0.5, 0.6) is 0 Å². The summed E-state index contributed by atoms with van der Waals surface area (Å²) in [7, 11) is 0. The van der Waals surface area contributed by atoms with Crippen LogP contribution >= 0.6 is 0 Å². The molecule has 0 radical (unpaired) electrons. The Labute approximate surface area is 70.5 Å². The summed E-state index contributed by atoms with van der Waals surface area (Å²) in [4.78, 5) is 0. The fourth-order valence-corrected chi connectivity index (χ4v) is 1.70. The monoisotopic (exact) mass is 178 g/mol. The van der Waals surface area contributed by atoms with E-state index in [2.05, 4.69) is 0 Å². The first-order valence-electron chi connectivity index (χ1n) is 4.21. The number of halogens is 3. The van der Waals surface area contributed by atoms with Crippen LogP contribution < -0.4 is 0 Å². The van der Waals surface area contributed by atoms with Gasteiger partial charge in [0.1, 0.15) is 0 Å². The zero-order valence-electron chi connectivity index (χ0n) is 7.06. The molecule has 3 heteroatoms. The Kier molecular flexibility index (Phi) is 2.80. The molecule has 1 rings (SSSR count). The highest BCUT2D eigenvalue weighted by Gasteiger charge is 2.32. The molecule has 2 atom stereocenters. The van der Waals surface area contributed by atoms with Gasteiger partial charge in [0.25, 0.3) is 0 Å². The molecule has 12 heavy (non-hydrogen) atoms. The molecule has 70 valence electrons. The first kappa shape index (κ1) is 9.62. The van der Waals surface area contributed by atoms with E-state index in [1.807, 2.05) is 19.1 Å². The molecule has 0 N–H and O–H groups in total. The summed E-state index contributed by atoms with van der Waals surface area (Å²) >= 11 is 0. The van der Waals surface area contributed by atoms with Crippen LogP contribution in [0.25, 0.3) is 0 Å². The SMILES string of the molecule is CC1C=CC[C@H](CC(F)(F)F)C1. The second-order valence-corrected chi connectivity index (χ2v) is 3.56. The molecule has 0 saturated carbocycles. The van der Waals surface area contributed by atoms with Gasteiger partial charge < -0.3 is 0 Å². The average Bonchev–Trinajstić information content (AvgIpc) is 1.82. The maximum absolute atomic E-state index is 11.9. The maximum Gasteiger partial charge on any atom is 0.389 e. The Balaban J connectivity index is 2.40. The fourth-order valence-electron chi connectivity index (χ4n) is 1.70.